The van der Waals surface area contributed by atoms with Gasteiger partial charge in [-0.3, -0.25) is 9.59 Å². The number of hydrogen-bond donors (Lipinski definition) is 0. The number of hydrogen-bond acceptors (Lipinski definition) is 5. The number of rotatable bonds is 4. The van der Waals surface area contributed by atoms with E-state index in [0.717, 1.165) is 36.4 Å². The van der Waals surface area contributed by atoms with E-state index in [4.69, 9.17) is 4.74 Å². The highest BCUT2D eigenvalue weighted by atomic mass is 16.5. The monoisotopic (exact) mass is 439 g/mol. The summed E-state index contributed by atoms with van der Waals surface area (Å²) in [6.45, 7) is 1.55. The summed E-state index contributed by atoms with van der Waals surface area (Å²) in [6, 6.07) is 26.8. The first kappa shape index (κ1) is 20.1. The van der Waals surface area contributed by atoms with Gasteiger partial charge in [-0.05, 0) is 41.8 Å². The molecule has 0 aliphatic carbocycles. The van der Waals surface area contributed by atoms with Gasteiger partial charge < -0.3 is 4.74 Å². The van der Waals surface area contributed by atoms with Gasteiger partial charge >= 0.3 is 0 Å². The van der Waals surface area contributed by atoms with Crippen molar-refractivity contribution in [1.82, 2.24) is 10.0 Å². The number of benzene rings is 3. The molecule has 6 heteroatoms. The molecule has 2 amide bonds. The molecule has 3 aliphatic rings. The molecule has 3 unspecified atom stereocenters. The standard InChI is InChI=1S/C27H25N3O3/c1-33-22-15-13-19(14-16-22)24-23-25(31)30(21-11-6-3-7-12-21)26(32)27(23,20-9-4-2-5-10-20)29-18-8-17-28(24)29/h2-7,9-16,23-24H,8,17-18H2,1H3. The van der Waals surface area contributed by atoms with Crippen LogP contribution in [0.4, 0.5) is 5.69 Å². The number of nitrogens with zero attached hydrogens (tertiary/aromatic N) is 3. The Morgan fingerprint density at radius 3 is 2.18 bits per heavy atom. The SMILES string of the molecule is COc1ccc(C2C3C(=O)N(c4ccccc4)C(=O)C3(c3ccccc3)N3CCCN23)cc1. The molecule has 0 saturated carbocycles. The van der Waals surface area contributed by atoms with Gasteiger partial charge in [-0.15, -0.1) is 0 Å². The molecular weight excluding hydrogens is 414 g/mol. The molecule has 3 heterocycles. The normalized spacial score (nSPS) is 27.1. The van der Waals surface area contributed by atoms with Crippen LogP contribution in [0.2, 0.25) is 0 Å². The third-order valence-electron chi connectivity index (χ3n) is 7.26. The Morgan fingerprint density at radius 1 is 0.848 bits per heavy atom. The van der Waals surface area contributed by atoms with Crippen molar-refractivity contribution in [2.75, 3.05) is 25.1 Å². The highest BCUT2D eigenvalue weighted by Gasteiger charge is 2.73. The number of anilines is 1. The smallest absolute Gasteiger partial charge is 0.261 e. The van der Waals surface area contributed by atoms with E-state index < -0.39 is 11.5 Å². The van der Waals surface area contributed by atoms with Gasteiger partial charge in [-0.1, -0.05) is 60.7 Å². The molecule has 3 aromatic carbocycles. The Balaban J connectivity index is 1.58. The van der Waals surface area contributed by atoms with Crippen molar-refractivity contribution in [2.24, 2.45) is 5.92 Å². The summed E-state index contributed by atoms with van der Waals surface area (Å²) in [7, 11) is 1.64. The predicted molar refractivity (Wildman–Crippen MR) is 124 cm³/mol. The van der Waals surface area contributed by atoms with Crippen LogP contribution in [0.25, 0.3) is 0 Å². The minimum absolute atomic E-state index is 0.148. The van der Waals surface area contributed by atoms with Crippen LogP contribution in [0, 0.1) is 5.92 Å². The van der Waals surface area contributed by atoms with Crippen LogP contribution in [-0.4, -0.2) is 42.0 Å². The topological polar surface area (TPSA) is 53.1 Å². The quantitative estimate of drug-likeness (QED) is 0.580. The molecule has 3 aromatic rings. The molecule has 0 bridgehead atoms. The molecular formula is C27H25N3O3. The lowest BCUT2D eigenvalue weighted by Crippen LogP contribution is -2.52. The van der Waals surface area contributed by atoms with E-state index >= 15 is 0 Å². The van der Waals surface area contributed by atoms with Gasteiger partial charge in [0.05, 0.1) is 24.8 Å². The van der Waals surface area contributed by atoms with Crippen LogP contribution in [-0.2, 0) is 15.1 Å². The number of methoxy groups -OCH3 is 1. The van der Waals surface area contributed by atoms with E-state index in [0.29, 0.717) is 5.69 Å². The minimum Gasteiger partial charge on any atom is -0.497 e. The summed E-state index contributed by atoms with van der Waals surface area (Å²) >= 11 is 0. The first-order valence-corrected chi connectivity index (χ1v) is 11.3. The molecule has 33 heavy (non-hydrogen) atoms. The first-order chi connectivity index (χ1) is 16.2. The maximum atomic E-state index is 14.4. The van der Waals surface area contributed by atoms with E-state index in [1.165, 1.54) is 4.90 Å². The maximum absolute atomic E-state index is 14.4. The molecule has 3 saturated heterocycles. The first-order valence-electron chi connectivity index (χ1n) is 11.3. The second kappa shape index (κ2) is 7.54. The number of para-hydroxylation sites is 1. The molecule has 3 atom stereocenters. The van der Waals surface area contributed by atoms with E-state index in [-0.39, 0.29) is 17.9 Å². The third-order valence-corrected chi connectivity index (χ3v) is 7.26. The van der Waals surface area contributed by atoms with Gasteiger partial charge in [0.2, 0.25) is 5.91 Å². The fraction of sp³-hybridized carbons (Fsp3) is 0.259. The second-order valence-electron chi connectivity index (χ2n) is 8.78. The Labute approximate surface area is 192 Å². The van der Waals surface area contributed by atoms with Gasteiger partial charge in [0, 0.05) is 13.1 Å². The van der Waals surface area contributed by atoms with Crippen molar-refractivity contribution in [3.05, 3.63) is 96.1 Å². The van der Waals surface area contributed by atoms with Crippen LogP contribution < -0.4 is 9.64 Å². The Morgan fingerprint density at radius 2 is 1.52 bits per heavy atom. The number of carbonyl (C=O) groups excluding carboxylic acids is 2. The van der Waals surface area contributed by atoms with E-state index in [1.807, 2.05) is 84.9 Å². The van der Waals surface area contributed by atoms with E-state index in [2.05, 4.69) is 10.0 Å². The number of carbonyl (C=O) groups is 2. The number of hydrazine groups is 1. The van der Waals surface area contributed by atoms with Crippen LogP contribution >= 0.6 is 0 Å². The van der Waals surface area contributed by atoms with E-state index in [9.17, 15) is 9.59 Å². The Bertz CT molecular complexity index is 1200. The molecule has 0 radical (unpaired) electrons. The number of fused-ring (bicyclic) bond motifs is 3. The summed E-state index contributed by atoms with van der Waals surface area (Å²) in [4.78, 5) is 29.9. The predicted octanol–water partition coefficient (Wildman–Crippen LogP) is 3.76. The van der Waals surface area contributed by atoms with Gasteiger partial charge in [0.15, 0.2) is 5.54 Å². The number of amides is 2. The van der Waals surface area contributed by atoms with Crippen molar-refractivity contribution < 1.29 is 14.3 Å². The lowest BCUT2D eigenvalue weighted by atomic mass is 9.75. The summed E-state index contributed by atoms with van der Waals surface area (Å²) < 4.78 is 5.35. The van der Waals surface area contributed by atoms with Crippen molar-refractivity contribution in [3.63, 3.8) is 0 Å². The van der Waals surface area contributed by atoms with Crippen molar-refractivity contribution in [3.8, 4) is 5.75 Å². The highest BCUT2D eigenvalue weighted by molar-refractivity contribution is 6.26. The number of imide groups is 1. The zero-order valence-corrected chi connectivity index (χ0v) is 18.4. The fourth-order valence-corrected chi connectivity index (χ4v) is 5.96. The summed E-state index contributed by atoms with van der Waals surface area (Å²) in [5.41, 5.74) is 1.45. The molecule has 3 fully saturated rings. The van der Waals surface area contributed by atoms with E-state index in [1.54, 1.807) is 7.11 Å². The maximum Gasteiger partial charge on any atom is 0.261 e. The Kier molecular flexibility index (Phi) is 4.60. The average Bonchev–Trinajstić information content (AvgIpc) is 3.51. The zero-order valence-electron chi connectivity index (χ0n) is 18.4. The second-order valence-corrected chi connectivity index (χ2v) is 8.78. The molecule has 166 valence electrons. The summed E-state index contributed by atoms with van der Waals surface area (Å²) in [6.07, 6.45) is 0.945. The molecule has 0 aromatic heterocycles. The zero-order chi connectivity index (χ0) is 22.6. The summed E-state index contributed by atoms with van der Waals surface area (Å²) in [5, 5.41) is 4.42. The largest absolute Gasteiger partial charge is 0.497 e. The van der Waals surface area contributed by atoms with Gasteiger partial charge in [-0.25, -0.2) is 14.9 Å². The summed E-state index contributed by atoms with van der Waals surface area (Å²) in [5.74, 6) is -0.103. The van der Waals surface area contributed by atoms with Crippen LogP contribution in [0.15, 0.2) is 84.9 Å². The van der Waals surface area contributed by atoms with Crippen LogP contribution in [0.3, 0.4) is 0 Å². The molecule has 0 spiro atoms. The average molecular weight is 440 g/mol. The molecule has 0 N–H and O–H groups in total. The number of ether oxygens (including phenoxy) is 1. The van der Waals surface area contributed by atoms with Gasteiger partial charge in [0.25, 0.3) is 5.91 Å². The molecule has 6 nitrogen and oxygen atoms in total. The highest BCUT2D eigenvalue weighted by Crippen LogP contribution is 2.59. The molecule has 3 aliphatic heterocycles. The van der Waals surface area contributed by atoms with Crippen LogP contribution in [0.5, 0.6) is 5.75 Å². The van der Waals surface area contributed by atoms with Gasteiger partial charge in [-0.2, -0.15) is 0 Å². The van der Waals surface area contributed by atoms with Crippen molar-refractivity contribution in [2.45, 2.75) is 18.0 Å². The molecule has 6 rings (SSSR count). The van der Waals surface area contributed by atoms with Gasteiger partial charge in [0.1, 0.15) is 5.75 Å². The van der Waals surface area contributed by atoms with Crippen molar-refractivity contribution >= 4 is 17.5 Å². The minimum atomic E-state index is -1.06. The lowest BCUT2D eigenvalue weighted by Gasteiger charge is -2.36. The van der Waals surface area contributed by atoms with Crippen molar-refractivity contribution in [1.29, 1.82) is 0 Å². The Hall–Kier alpha value is -3.48. The lowest BCUT2D eigenvalue weighted by molar-refractivity contribution is -0.134. The van der Waals surface area contributed by atoms with Crippen LogP contribution in [0.1, 0.15) is 23.6 Å². The third kappa shape index (κ3) is 2.68. The fourth-order valence-electron chi connectivity index (χ4n) is 5.96.